The molecule has 0 bridgehead atoms. The zero-order valence-electron chi connectivity index (χ0n) is 13.8. The fraction of sp³-hybridized carbons (Fsp3) is 0.600. The lowest BCUT2D eigenvalue weighted by Gasteiger charge is -2.12. The van der Waals surface area contributed by atoms with Gasteiger partial charge >= 0.3 is 0 Å². The molecule has 0 aliphatic carbocycles. The molecule has 0 saturated carbocycles. The van der Waals surface area contributed by atoms with Gasteiger partial charge in [-0.1, -0.05) is 0 Å². The van der Waals surface area contributed by atoms with Gasteiger partial charge in [-0.3, -0.25) is 9.79 Å². The molecule has 0 aromatic carbocycles. The molecule has 0 aliphatic rings. The number of ether oxygens (including phenoxy) is 2. The van der Waals surface area contributed by atoms with Crippen LogP contribution in [0.5, 0.6) is 0 Å². The molecule has 0 unspecified atom stereocenters. The van der Waals surface area contributed by atoms with Crippen molar-refractivity contribution in [2.45, 2.75) is 13.0 Å². The van der Waals surface area contributed by atoms with Gasteiger partial charge in [0.2, 0.25) is 5.91 Å². The molecule has 0 fully saturated rings. The van der Waals surface area contributed by atoms with E-state index in [0.29, 0.717) is 38.9 Å². The predicted octanol–water partition coefficient (Wildman–Crippen LogP) is 0.114. The third-order valence-electron chi connectivity index (χ3n) is 2.85. The molecule has 23 heavy (non-hydrogen) atoms. The van der Waals surface area contributed by atoms with Crippen molar-refractivity contribution in [3.05, 3.63) is 24.2 Å². The summed E-state index contributed by atoms with van der Waals surface area (Å²) in [5, 5.41) is 8.78. The molecule has 0 atom stereocenters. The van der Waals surface area contributed by atoms with Crippen molar-refractivity contribution in [1.82, 2.24) is 16.0 Å². The first kappa shape index (κ1) is 19.0. The summed E-state index contributed by atoms with van der Waals surface area (Å²) in [4.78, 5) is 15.6. The molecule has 0 saturated heterocycles. The molecule has 0 aliphatic heterocycles. The average Bonchev–Trinajstić information content (AvgIpc) is 3.07. The zero-order valence-corrected chi connectivity index (χ0v) is 13.8. The molecule has 1 aromatic rings. The molecule has 1 amide bonds. The minimum absolute atomic E-state index is 0.105. The molecule has 8 heteroatoms. The van der Waals surface area contributed by atoms with Gasteiger partial charge in [0.25, 0.3) is 0 Å². The molecule has 3 N–H and O–H groups in total. The van der Waals surface area contributed by atoms with E-state index in [-0.39, 0.29) is 12.5 Å². The van der Waals surface area contributed by atoms with Crippen LogP contribution in [0.25, 0.3) is 0 Å². The second kappa shape index (κ2) is 12.5. The van der Waals surface area contributed by atoms with E-state index in [1.807, 2.05) is 12.1 Å². The van der Waals surface area contributed by atoms with Crippen LogP contribution in [0.2, 0.25) is 0 Å². The SMILES string of the molecule is CN=C(NCCCOCc1ccco1)NCC(=O)NCCOC. The van der Waals surface area contributed by atoms with Gasteiger partial charge in [0.15, 0.2) is 5.96 Å². The summed E-state index contributed by atoms with van der Waals surface area (Å²) in [5.41, 5.74) is 0. The molecule has 8 nitrogen and oxygen atoms in total. The lowest BCUT2D eigenvalue weighted by Crippen LogP contribution is -2.44. The molecule has 0 radical (unpaired) electrons. The van der Waals surface area contributed by atoms with Crippen LogP contribution in [-0.2, 0) is 20.9 Å². The van der Waals surface area contributed by atoms with Crippen LogP contribution in [0.1, 0.15) is 12.2 Å². The Balaban J connectivity index is 2.01. The van der Waals surface area contributed by atoms with Crippen LogP contribution in [0.4, 0.5) is 0 Å². The van der Waals surface area contributed by atoms with E-state index in [1.54, 1.807) is 20.4 Å². The maximum absolute atomic E-state index is 11.5. The van der Waals surface area contributed by atoms with Crippen LogP contribution in [0, 0.1) is 0 Å². The molecular weight excluding hydrogens is 300 g/mol. The summed E-state index contributed by atoms with van der Waals surface area (Å²) >= 11 is 0. The van der Waals surface area contributed by atoms with Crippen LogP contribution in [0.3, 0.4) is 0 Å². The van der Waals surface area contributed by atoms with Crippen molar-refractivity contribution in [2.75, 3.05) is 47.0 Å². The monoisotopic (exact) mass is 326 g/mol. The van der Waals surface area contributed by atoms with E-state index in [4.69, 9.17) is 13.9 Å². The number of guanidine groups is 1. The number of furan rings is 1. The molecule has 1 rings (SSSR count). The quantitative estimate of drug-likeness (QED) is 0.303. The van der Waals surface area contributed by atoms with E-state index in [1.165, 1.54) is 0 Å². The zero-order chi connectivity index (χ0) is 16.8. The van der Waals surface area contributed by atoms with Gasteiger partial charge in [0, 0.05) is 33.9 Å². The van der Waals surface area contributed by atoms with Crippen LogP contribution >= 0.6 is 0 Å². The largest absolute Gasteiger partial charge is 0.467 e. The topological polar surface area (TPSA) is 97.1 Å². The van der Waals surface area contributed by atoms with E-state index in [9.17, 15) is 4.79 Å². The van der Waals surface area contributed by atoms with E-state index < -0.39 is 0 Å². The second-order valence-electron chi connectivity index (χ2n) is 4.68. The molecular formula is C15H26N4O4. The maximum atomic E-state index is 11.5. The van der Waals surface area contributed by atoms with Crippen LogP contribution in [-0.4, -0.2) is 58.9 Å². The smallest absolute Gasteiger partial charge is 0.239 e. The highest BCUT2D eigenvalue weighted by Gasteiger charge is 2.02. The number of carbonyl (C=O) groups is 1. The van der Waals surface area contributed by atoms with Crippen molar-refractivity contribution >= 4 is 11.9 Å². The van der Waals surface area contributed by atoms with Gasteiger partial charge < -0.3 is 29.8 Å². The summed E-state index contributed by atoms with van der Waals surface area (Å²) < 4.78 is 15.5. The van der Waals surface area contributed by atoms with Crippen molar-refractivity contribution in [2.24, 2.45) is 4.99 Å². The Kier molecular flexibility index (Phi) is 10.3. The van der Waals surface area contributed by atoms with Gasteiger partial charge in [0.05, 0.1) is 19.4 Å². The van der Waals surface area contributed by atoms with E-state index in [2.05, 4.69) is 20.9 Å². The molecule has 1 heterocycles. The minimum Gasteiger partial charge on any atom is -0.467 e. The third kappa shape index (κ3) is 9.54. The van der Waals surface area contributed by atoms with Crippen molar-refractivity contribution in [3.63, 3.8) is 0 Å². The van der Waals surface area contributed by atoms with E-state index in [0.717, 1.165) is 12.2 Å². The Morgan fingerprint density at radius 2 is 2.13 bits per heavy atom. The number of nitrogens with zero attached hydrogens (tertiary/aromatic N) is 1. The Hall–Kier alpha value is -2.06. The molecule has 0 spiro atoms. The van der Waals surface area contributed by atoms with E-state index >= 15 is 0 Å². The number of hydrogen-bond acceptors (Lipinski definition) is 5. The summed E-state index contributed by atoms with van der Waals surface area (Å²) in [5.74, 6) is 1.29. The first-order chi connectivity index (χ1) is 11.3. The normalized spacial score (nSPS) is 11.3. The maximum Gasteiger partial charge on any atom is 0.239 e. The number of methoxy groups -OCH3 is 1. The van der Waals surface area contributed by atoms with Gasteiger partial charge in [-0.2, -0.15) is 0 Å². The number of amides is 1. The highest BCUT2D eigenvalue weighted by Crippen LogP contribution is 2.01. The summed E-state index contributed by atoms with van der Waals surface area (Å²) in [7, 11) is 3.25. The number of rotatable bonds is 11. The minimum atomic E-state index is -0.105. The number of aliphatic imine (C=N–C) groups is 1. The number of hydrogen-bond donors (Lipinski definition) is 3. The Labute approximate surface area is 136 Å². The van der Waals surface area contributed by atoms with Gasteiger partial charge in [-0.25, -0.2) is 0 Å². The number of nitrogens with one attached hydrogen (secondary N) is 3. The summed E-state index contributed by atoms with van der Waals surface area (Å²) in [6, 6.07) is 3.71. The van der Waals surface area contributed by atoms with Gasteiger partial charge in [-0.05, 0) is 18.6 Å². The predicted molar refractivity (Wildman–Crippen MR) is 87.2 cm³/mol. The Bertz CT molecular complexity index is 448. The highest BCUT2D eigenvalue weighted by atomic mass is 16.5. The van der Waals surface area contributed by atoms with Crippen molar-refractivity contribution in [1.29, 1.82) is 0 Å². The lowest BCUT2D eigenvalue weighted by molar-refractivity contribution is -0.120. The third-order valence-corrected chi connectivity index (χ3v) is 2.85. The van der Waals surface area contributed by atoms with Crippen LogP contribution in [0.15, 0.2) is 27.8 Å². The Morgan fingerprint density at radius 1 is 1.26 bits per heavy atom. The Morgan fingerprint density at radius 3 is 2.83 bits per heavy atom. The molecule has 130 valence electrons. The standard InChI is InChI=1S/C15H26N4O4/c1-16-15(19-11-14(20)17-7-10-21-2)18-6-4-8-22-12-13-5-3-9-23-13/h3,5,9H,4,6-8,10-12H2,1-2H3,(H,17,20)(H2,16,18,19). The summed E-state index contributed by atoms with van der Waals surface area (Å²) in [6.45, 7) is 2.94. The fourth-order valence-corrected chi connectivity index (χ4v) is 1.69. The first-order valence-corrected chi connectivity index (χ1v) is 7.56. The lowest BCUT2D eigenvalue weighted by atomic mass is 10.4. The van der Waals surface area contributed by atoms with Crippen molar-refractivity contribution in [3.8, 4) is 0 Å². The average molecular weight is 326 g/mol. The second-order valence-corrected chi connectivity index (χ2v) is 4.68. The van der Waals surface area contributed by atoms with Crippen molar-refractivity contribution < 1.29 is 18.7 Å². The van der Waals surface area contributed by atoms with Crippen LogP contribution < -0.4 is 16.0 Å². The van der Waals surface area contributed by atoms with Gasteiger partial charge in [-0.15, -0.1) is 0 Å². The molecule has 1 aromatic heterocycles. The van der Waals surface area contributed by atoms with Gasteiger partial charge in [0.1, 0.15) is 12.4 Å². The number of carbonyl (C=O) groups excluding carboxylic acids is 1. The fourth-order valence-electron chi connectivity index (χ4n) is 1.69. The highest BCUT2D eigenvalue weighted by molar-refractivity contribution is 5.86. The first-order valence-electron chi connectivity index (χ1n) is 7.56. The summed E-state index contributed by atoms with van der Waals surface area (Å²) in [6.07, 6.45) is 2.45.